The van der Waals surface area contributed by atoms with Gasteiger partial charge in [-0.25, -0.2) is 9.78 Å². The minimum atomic E-state index is -1.01. The standard InChI is InChI=1S/C13H19N3O3/c1-13(2,3)9-6-8(12(18)19)7-11(16-9)15-5-4-10(14)17/h6-7H,4-5H2,1-3H3,(H2,14,17)(H,15,16)(H,18,19). The fourth-order valence-electron chi connectivity index (χ4n) is 1.44. The molecule has 1 aromatic heterocycles. The number of carbonyl (C=O) groups excluding carboxylic acids is 1. The summed E-state index contributed by atoms with van der Waals surface area (Å²) in [5.41, 5.74) is 5.63. The summed E-state index contributed by atoms with van der Waals surface area (Å²) in [6.45, 7) is 6.19. The zero-order valence-corrected chi connectivity index (χ0v) is 11.4. The average Bonchev–Trinajstić information content (AvgIpc) is 2.26. The summed E-state index contributed by atoms with van der Waals surface area (Å²) in [6.07, 6.45) is 0.170. The smallest absolute Gasteiger partial charge is 0.335 e. The Labute approximate surface area is 112 Å². The Morgan fingerprint density at radius 3 is 2.47 bits per heavy atom. The van der Waals surface area contributed by atoms with Gasteiger partial charge in [-0.05, 0) is 12.1 Å². The van der Waals surface area contributed by atoms with Crippen LogP contribution in [0.15, 0.2) is 12.1 Å². The number of anilines is 1. The van der Waals surface area contributed by atoms with Crippen molar-refractivity contribution in [2.24, 2.45) is 5.73 Å². The number of rotatable bonds is 5. The lowest BCUT2D eigenvalue weighted by Crippen LogP contribution is -2.19. The molecule has 0 radical (unpaired) electrons. The van der Waals surface area contributed by atoms with Gasteiger partial charge in [0.05, 0.1) is 5.56 Å². The van der Waals surface area contributed by atoms with Crippen molar-refractivity contribution in [1.82, 2.24) is 4.98 Å². The van der Waals surface area contributed by atoms with Crippen molar-refractivity contribution in [2.45, 2.75) is 32.6 Å². The summed E-state index contributed by atoms with van der Waals surface area (Å²) in [4.78, 5) is 26.1. The number of hydrogen-bond donors (Lipinski definition) is 3. The van der Waals surface area contributed by atoms with Gasteiger partial charge in [-0.1, -0.05) is 20.8 Å². The molecule has 0 aliphatic heterocycles. The third kappa shape index (κ3) is 4.57. The van der Waals surface area contributed by atoms with E-state index in [0.717, 1.165) is 0 Å². The van der Waals surface area contributed by atoms with Crippen LogP contribution in [0.3, 0.4) is 0 Å². The van der Waals surface area contributed by atoms with Crippen LogP contribution in [0.2, 0.25) is 0 Å². The third-order valence-corrected chi connectivity index (χ3v) is 2.52. The first-order valence-electron chi connectivity index (χ1n) is 5.98. The number of carboxylic acids is 1. The minimum Gasteiger partial charge on any atom is -0.478 e. The number of nitrogens with two attached hydrogens (primary N) is 1. The molecule has 0 saturated carbocycles. The van der Waals surface area contributed by atoms with Crippen molar-refractivity contribution in [3.05, 3.63) is 23.4 Å². The zero-order chi connectivity index (χ0) is 14.6. The molecule has 0 bridgehead atoms. The van der Waals surface area contributed by atoms with Gasteiger partial charge in [0, 0.05) is 24.1 Å². The third-order valence-electron chi connectivity index (χ3n) is 2.52. The summed E-state index contributed by atoms with van der Waals surface area (Å²) in [5, 5.41) is 12.0. The van der Waals surface area contributed by atoms with E-state index in [-0.39, 0.29) is 17.4 Å². The van der Waals surface area contributed by atoms with Crippen LogP contribution in [0.5, 0.6) is 0 Å². The molecule has 0 saturated heterocycles. The first-order valence-corrected chi connectivity index (χ1v) is 5.98. The molecule has 1 heterocycles. The van der Waals surface area contributed by atoms with Crippen LogP contribution < -0.4 is 11.1 Å². The number of nitrogens with zero attached hydrogens (tertiary/aromatic N) is 1. The number of carboxylic acid groups (broad SMARTS) is 1. The first-order chi connectivity index (χ1) is 8.70. The van der Waals surface area contributed by atoms with Crippen molar-refractivity contribution >= 4 is 17.7 Å². The van der Waals surface area contributed by atoms with E-state index in [0.29, 0.717) is 18.1 Å². The zero-order valence-electron chi connectivity index (χ0n) is 11.4. The Hall–Kier alpha value is -2.11. The van der Waals surface area contributed by atoms with Crippen LogP contribution in [-0.4, -0.2) is 28.5 Å². The molecule has 0 atom stereocenters. The van der Waals surface area contributed by atoms with Crippen LogP contribution in [0.25, 0.3) is 0 Å². The number of nitrogens with one attached hydrogen (secondary N) is 1. The Bertz CT molecular complexity index is 492. The molecule has 0 aromatic carbocycles. The number of carbonyl (C=O) groups is 2. The van der Waals surface area contributed by atoms with Gasteiger partial charge in [-0.2, -0.15) is 0 Å². The van der Waals surface area contributed by atoms with E-state index < -0.39 is 11.9 Å². The van der Waals surface area contributed by atoms with Gasteiger partial charge in [0.25, 0.3) is 0 Å². The molecule has 0 spiro atoms. The van der Waals surface area contributed by atoms with Crippen molar-refractivity contribution in [1.29, 1.82) is 0 Å². The van der Waals surface area contributed by atoms with E-state index in [1.54, 1.807) is 6.07 Å². The highest BCUT2D eigenvalue weighted by Crippen LogP contribution is 2.23. The van der Waals surface area contributed by atoms with Crippen molar-refractivity contribution in [2.75, 3.05) is 11.9 Å². The maximum absolute atomic E-state index is 11.1. The molecular formula is C13H19N3O3. The van der Waals surface area contributed by atoms with E-state index >= 15 is 0 Å². The first kappa shape index (κ1) is 14.9. The number of hydrogen-bond acceptors (Lipinski definition) is 4. The maximum atomic E-state index is 11.1. The van der Waals surface area contributed by atoms with E-state index in [9.17, 15) is 9.59 Å². The molecule has 6 heteroatoms. The Balaban J connectivity index is 3.00. The highest BCUT2D eigenvalue weighted by Gasteiger charge is 2.19. The monoisotopic (exact) mass is 265 g/mol. The predicted molar refractivity (Wildman–Crippen MR) is 72.2 cm³/mol. The van der Waals surface area contributed by atoms with Gasteiger partial charge in [0.1, 0.15) is 5.82 Å². The van der Waals surface area contributed by atoms with Crippen molar-refractivity contribution < 1.29 is 14.7 Å². The number of pyridine rings is 1. The molecule has 1 rings (SSSR count). The molecule has 0 aliphatic carbocycles. The van der Waals surface area contributed by atoms with Crippen LogP contribution in [0, 0.1) is 0 Å². The second-order valence-electron chi connectivity index (χ2n) is 5.32. The normalized spacial score (nSPS) is 11.1. The SMILES string of the molecule is CC(C)(C)c1cc(C(=O)O)cc(NCCC(N)=O)n1. The lowest BCUT2D eigenvalue weighted by atomic mass is 9.91. The summed E-state index contributed by atoms with van der Waals surface area (Å²) >= 11 is 0. The largest absolute Gasteiger partial charge is 0.478 e. The number of amides is 1. The summed E-state index contributed by atoms with van der Waals surface area (Å²) < 4.78 is 0. The lowest BCUT2D eigenvalue weighted by molar-refractivity contribution is -0.117. The summed E-state index contributed by atoms with van der Waals surface area (Å²) in [5.74, 6) is -0.991. The lowest BCUT2D eigenvalue weighted by Gasteiger charge is -2.19. The molecule has 4 N–H and O–H groups in total. The molecule has 1 amide bonds. The molecule has 0 unspecified atom stereocenters. The van der Waals surface area contributed by atoms with Gasteiger partial charge >= 0.3 is 5.97 Å². The van der Waals surface area contributed by atoms with Gasteiger partial charge in [0.15, 0.2) is 0 Å². The van der Waals surface area contributed by atoms with Gasteiger partial charge < -0.3 is 16.2 Å². The molecule has 6 nitrogen and oxygen atoms in total. The van der Waals surface area contributed by atoms with Gasteiger partial charge in [-0.3, -0.25) is 4.79 Å². The van der Waals surface area contributed by atoms with Crippen LogP contribution in [0.4, 0.5) is 5.82 Å². The van der Waals surface area contributed by atoms with Crippen LogP contribution in [-0.2, 0) is 10.2 Å². The van der Waals surface area contributed by atoms with E-state index in [1.165, 1.54) is 6.07 Å². The fraction of sp³-hybridized carbons (Fsp3) is 0.462. The van der Waals surface area contributed by atoms with Gasteiger partial charge in [0.2, 0.25) is 5.91 Å². The number of primary amides is 1. The van der Waals surface area contributed by atoms with Crippen LogP contribution in [0.1, 0.15) is 43.2 Å². The van der Waals surface area contributed by atoms with E-state index in [1.807, 2.05) is 20.8 Å². The summed E-state index contributed by atoms with van der Waals surface area (Å²) in [7, 11) is 0. The van der Waals surface area contributed by atoms with E-state index in [2.05, 4.69) is 10.3 Å². The highest BCUT2D eigenvalue weighted by molar-refractivity contribution is 5.88. The molecule has 104 valence electrons. The van der Waals surface area contributed by atoms with Crippen LogP contribution >= 0.6 is 0 Å². The maximum Gasteiger partial charge on any atom is 0.335 e. The average molecular weight is 265 g/mol. The second kappa shape index (κ2) is 5.69. The molecule has 0 aliphatic rings. The molecule has 19 heavy (non-hydrogen) atoms. The molecule has 1 aromatic rings. The number of aromatic nitrogens is 1. The fourth-order valence-corrected chi connectivity index (χ4v) is 1.44. The summed E-state index contributed by atoms with van der Waals surface area (Å²) in [6, 6.07) is 3.00. The highest BCUT2D eigenvalue weighted by atomic mass is 16.4. The van der Waals surface area contributed by atoms with Gasteiger partial charge in [-0.15, -0.1) is 0 Å². The Kier molecular flexibility index (Phi) is 4.47. The quantitative estimate of drug-likeness (QED) is 0.745. The Morgan fingerprint density at radius 1 is 1.37 bits per heavy atom. The number of aromatic carboxylic acids is 1. The van der Waals surface area contributed by atoms with Crippen molar-refractivity contribution in [3.63, 3.8) is 0 Å². The minimum absolute atomic E-state index is 0.168. The second-order valence-corrected chi connectivity index (χ2v) is 5.32. The molecule has 0 fully saturated rings. The molecular weight excluding hydrogens is 246 g/mol. The van der Waals surface area contributed by atoms with E-state index in [4.69, 9.17) is 10.8 Å². The topological polar surface area (TPSA) is 105 Å². The van der Waals surface area contributed by atoms with Crippen molar-refractivity contribution in [3.8, 4) is 0 Å². The predicted octanol–water partition coefficient (Wildman–Crippen LogP) is 1.36. The Morgan fingerprint density at radius 2 is 2.00 bits per heavy atom.